The molecule has 0 fully saturated rings. The van der Waals surface area contributed by atoms with Crippen LogP contribution in [0.4, 0.5) is 11.4 Å². The molecule has 1 amide bonds. The van der Waals surface area contributed by atoms with Gasteiger partial charge >= 0.3 is 0 Å². The molecule has 1 heterocycles. The molecule has 1 aliphatic rings. The zero-order valence-electron chi connectivity index (χ0n) is 19.1. The summed E-state index contributed by atoms with van der Waals surface area (Å²) >= 11 is 0. The Balaban J connectivity index is 1.66. The number of aryl methyl sites for hydroxylation is 3. The van der Waals surface area contributed by atoms with Gasteiger partial charge in [-0.3, -0.25) is 4.79 Å². The molecule has 0 aliphatic carbocycles. The lowest BCUT2D eigenvalue weighted by atomic mass is 9.87. The van der Waals surface area contributed by atoms with E-state index >= 15 is 0 Å². The number of hydrazone groups is 1. The zero-order valence-corrected chi connectivity index (χ0v) is 19.1. The van der Waals surface area contributed by atoms with E-state index in [1.807, 2.05) is 18.2 Å². The number of rotatable bonds is 5. The van der Waals surface area contributed by atoms with Crippen molar-refractivity contribution in [3.8, 4) is 0 Å². The number of anilines is 2. The van der Waals surface area contributed by atoms with Crippen molar-refractivity contribution in [2.45, 2.75) is 47.1 Å². The van der Waals surface area contributed by atoms with Crippen LogP contribution in [0.2, 0.25) is 0 Å². The minimum atomic E-state index is -0.183. The molecule has 2 aromatic carbocycles. The van der Waals surface area contributed by atoms with Crippen LogP contribution in [0.15, 0.2) is 41.5 Å². The number of carbonyl (C=O) groups is 1. The maximum atomic E-state index is 12.1. The topological polar surface area (TPSA) is 56.7 Å². The van der Waals surface area contributed by atoms with Gasteiger partial charge in [0.05, 0.1) is 18.3 Å². The molecule has 2 aromatic rings. The first-order valence-corrected chi connectivity index (χ1v) is 10.3. The normalized spacial score (nSPS) is 15.0. The van der Waals surface area contributed by atoms with Gasteiger partial charge in [0, 0.05) is 24.0 Å². The maximum Gasteiger partial charge on any atom is 0.259 e. The monoisotopic (exact) mass is 404 g/mol. The third-order valence-electron chi connectivity index (χ3n) is 5.96. The van der Waals surface area contributed by atoms with Crippen molar-refractivity contribution in [2.24, 2.45) is 5.10 Å². The van der Waals surface area contributed by atoms with E-state index in [4.69, 9.17) is 0 Å². The lowest BCUT2D eigenvalue weighted by molar-refractivity contribution is -0.119. The molecule has 0 atom stereocenters. The van der Waals surface area contributed by atoms with Gasteiger partial charge in [0.25, 0.3) is 5.91 Å². The molecule has 2 N–H and O–H groups in total. The molecule has 0 bridgehead atoms. The number of carbonyl (C=O) groups excluding carboxylic acids is 1. The summed E-state index contributed by atoms with van der Waals surface area (Å²) in [5.74, 6) is -0.183. The average molecular weight is 405 g/mol. The molecule has 3 rings (SSSR count). The fraction of sp³-hybridized carbons (Fsp3) is 0.360. The first kappa shape index (κ1) is 21.6. The van der Waals surface area contributed by atoms with Gasteiger partial charge < -0.3 is 10.2 Å². The van der Waals surface area contributed by atoms with E-state index in [0.29, 0.717) is 0 Å². The van der Waals surface area contributed by atoms with Gasteiger partial charge in [-0.25, -0.2) is 5.43 Å². The minimum Gasteiger partial charge on any atom is -0.376 e. The molecular weight excluding hydrogens is 372 g/mol. The highest BCUT2D eigenvalue weighted by Gasteiger charge is 2.28. The molecule has 0 aromatic heterocycles. The van der Waals surface area contributed by atoms with Crippen LogP contribution in [0.3, 0.4) is 0 Å². The summed E-state index contributed by atoms with van der Waals surface area (Å²) in [6.07, 6.45) is 4.00. The Labute approximate surface area is 179 Å². The lowest BCUT2D eigenvalue weighted by Crippen LogP contribution is -2.42. The third kappa shape index (κ3) is 4.56. The molecular formula is C25H32N4O. The molecule has 0 saturated heterocycles. The van der Waals surface area contributed by atoms with Crippen LogP contribution in [0.5, 0.6) is 0 Å². The summed E-state index contributed by atoms with van der Waals surface area (Å²) < 4.78 is 0. The lowest BCUT2D eigenvalue weighted by Gasteiger charge is -2.41. The summed E-state index contributed by atoms with van der Waals surface area (Å²) in [5.41, 5.74) is 11.7. The standard InChI is InChI=1S/C25H32N4O/c1-16-8-9-21(10-17(16)2)26-15-24(30)28-27-14-20-12-22-19(4)13-25(5,6)29(7)23(22)11-18(20)3/h8-14,26H,15H2,1-7H3,(H,28,30)/b27-14-. The highest BCUT2D eigenvalue weighted by molar-refractivity contribution is 5.90. The van der Waals surface area contributed by atoms with Crippen molar-refractivity contribution in [3.05, 3.63) is 64.2 Å². The van der Waals surface area contributed by atoms with Crippen molar-refractivity contribution in [1.29, 1.82) is 0 Å². The van der Waals surface area contributed by atoms with Crippen LogP contribution >= 0.6 is 0 Å². The second-order valence-electron chi connectivity index (χ2n) is 8.71. The van der Waals surface area contributed by atoms with E-state index < -0.39 is 0 Å². The summed E-state index contributed by atoms with van der Waals surface area (Å²) in [6.45, 7) is 12.9. The summed E-state index contributed by atoms with van der Waals surface area (Å²) in [4.78, 5) is 14.4. The van der Waals surface area contributed by atoms with Crippen molar-refractivity contribution in [3.63, 3.8) is 0 Å². The highest BCUT2D eigenvalue weighted by Crippen LogP contribution is 2.38. The zero-order chi connectivity index (χ0) is 22.1. The fourth-order valence-electron chi connectivity index (χ4n) is 3.70. The third-order valence-corrected chi connectivity index (χ3v) is 5.96. The Morgan fingerprint density at radius 1 is 1.07 bits per heavy atom. The molecule has 0 unspecified atom stereocenters. The van der Waals surface area contributed by atoms with Crippen LogP contribution < -0.4 is 15.6 Å². The molecule has 0 radical (unpaired) electrons. The van der Waals surface area contributed by atoms with Crippen LogP contribution in [0, 0.1) is 20.8 Å². The quantitative estimate of drug-likeness (QED) is 0.556. The van der Waals surface area contributed by atoms with Gasteiger partial charge in [-0.05, 0) is 93.6 Å². The second kappa shape index (κ2) is 8.34. The van der Waals surface area contributed by atoms with E-state index in [1.165, 1.54) is 28.0 Å². The van der Waals surface area contributed by atoms with E-state index in [0.717, 1.165) is 16.8 Å². The van der Waals surface area contributed by atoms with E-state index in [9.17, 15) is 4.79 Å². The minimum absolute atomic E-state index is 0.0178. The smallest absolute Gasteiger partial charge is 0.259 e. The van der Waals surface area contributed by atoms with Crippen molar-refractivity contribution >= 4 is 29.1 Å². The molecule has 0 spiro atoms. The number of likely N-dealkylation sites (N-methyl/N-ethyl adjacent to an activating group) is 1. The highest BCUT2D eigenvalue weighted by atomic mass is 16.2. The number of hydrogen-bond acceptors (Lipinski definition) is 4. The van der Waals surface area contributed by atoms with Gasteiger partial charge in [0.2, 0.25) is 0 Å². The molecule has 5 nitrogen and oxygen atoms in total. The van der Waals surface area contributed by atoms with E-state index in [2.05, 4.69) is 87.5 Å². The Morgan fingerprint density at radius 2 is 1.80 bits per heavy atom. The van der Waals surface area contributed by atoms with Crippen LogP contribution in [-0.4, -0.2) is 31.3 Å². The van der Waals surface area contributed by atoms with Crippen LogP contribution in [-0.2, 0) is 4.79 Å². The Morgan fingerprint density at radius 3 is 2.50 bits per heavy atom. The Kier molecular flexibility index (Phi) is 6.01. The second-order valence-corrected chi connectivity index (χ2v) is 8.71. The van der Waals surface area contributed by atoms with Crippen LogP contribution in [0.1, 0.15) is 48.6 Å². The van der Waals surface area contributed by atoms with Gasteiger partial charge in [-0.15, -0.1) is 0 Å². The number of fused-ring (bicyclic) bond motifs is 1. The first-order valence-electron chi connectivity index (χ1n) is 10.3. The SMILES string of the molecule is CC1=CC(C)(C)N(C)c2cc(C)c(/C=N\NC(=O)CNc3ccc(C)c(C)c3)cc21. The summed E-state index contributed by atoms with van der Waals surface area (Å²) in [7, 11) is 2.12. The van der Waals surface area contributed by atoms with Gasteiger partial charge in [0.15, 0.2) is 0 Å². The fourth-order valence-corrected chi connectivity index (χ4v) is 3.70. The predicted octanol–water partition coefficient (Wildman–Crippen LogP) is 4.81. The van der Waals surface area contributed by atoms with Crippen molar-refractivity contribution in [2.75, 3.05) is 23.8 Å². The number of nitrogens with zero attached hydrogens (tertiary/aromatic N) is 2. The number of amides is 1. The molecule has 0 saturated carbocycles. The largest absolute Gasteiger partial charge is 0.376 e. The molecule has 5 heteroatoms. The number of nitrogens with one attached hydrogen (secondary N) is 2. The van der Waals surface area contributed by atoms with E-state index in [-0.39, 0.29) is 18.0 Å². The van der Waals surface area contributed by atoms with E-state index in [1.54, 1.807) is 6.21 Å². The van der Waals surface area contributed by atoms with Gasteiger partial charge in [0.1, 0.15) is 0 Å². The predicted molar refractivity (Wildman–Crippen MR) is 127 cm³/mol. The number of hydrogen-bond donors (Lipinski definition) is 2. The van der Waals surface area contributed by atoms with Crippen LogP contribution in [0.25, 0.3) is 5.57 Å². The van der Waals surface area contributed by atoms with Crippen molar-refractivity contribution < 1.29 is 4.79 Å². The summed E-state index contributed by atoms with van der Waals surface area (Å²) in [6, 6.07) is 10.4. The molecule has 158 valence electrons. The van der Waals surface area contributed by atoms with Crippen molar-refractivity contribution in [1.82, 2.24) is 5.43 Å². The number of benzene rings is 2. The Hall–Kier alpha value is -3.08. The summed E-state index contributed by atoms with van der Waals surface area (Å²) in [5, 5.41) is 7.30. The average Bonchev–Trinajstić information content (AvgIpc) is 2.67. The maximum absolute atomic E-state index is 12.1. The Bertz CT molecular complexity index is 1030. The molecule has 1 aliphatic heterocycles. The first-order chi connectivity index (χ1) is 14.1. The van der Waals surface area contributed by atoms with Gasteiger partial charge in [-0.1, -0.05) is 12.1 Å². The molecule has 30 heavy (non-hydrogen) atoms. The van der Waals surface area contributed by atoms with Gasteiger partial charge in [-0.2, -0.15) is 5.10 Å². The number of allylic oxidation sites excluding steroid dienone is 1.